The van der Waals surface area contributed by atoms with Crippen molar-refractivity contribution in [2.24, 2.45) is 9.98 Å². The van der Waals surface area contributed by atoms with Crippen LogP contribution in [0.3, 0.4) is 0 Å². The Hall–Kier alpha value is -3.26. The Morgan fingerprint density at radius 3 is 1.96 bits per heavy atom. The fraction of sp³-hybridized carbons (Fsp3) is 0.154. The molecular formula is C26H24N2. The molecule has 0 unspecified atom stereocenters. The summed E-state index contributed by atoms with van der Waals surface area (Å²) < 4.78 is 0. The SMILES string of the molecule is Cc1ccc(C2=NC(c3ccccc3)=N/C(c3ccccc3)=C\CCC2)cc1. The summed E-state index contributed by atoms with van der Waals surface area (Å²) in [5.41, 5.74) is 6.70. The molecule has 0 radical (unpaired) electrons. The fourth-order valence-electron chi connectivity index (χ4n) is 3.34. The van der Waals surface area contributed by atoms with Gasteiger partial charge in [0.25, 0.3) is 0 Å². The molecule has 1 aliphatic rings. The minimum atomic E-state index is 0.771. The molecule has 1 heterocycles. The first-order valence-electron chi connectivity index (χ1n) is 9.84. The van der Waals surface area contributed by atoms with Gasteiger partial charge in [0.15, 0.2) is 5.84 Å². The van der Waals surface area contributed by atoms with E-state index in [4.69, 9.17) is 9.98 Å². The Kier molecular flexibility index (Phi) is 5.58. The zero-order valence-electron chi connectivity index (χ0n) is 16.2. The van der Waals surface area contributed by atoms with Crippen LogP contribution in [-0.4, -0.2) is 11.5 Å². The molecule has 0 bridgehead atoms. The summed E-state index contributed by atoms with van der Waals surface area (Å²) in [6.45, 7) is 2.11. The minimum Gasteiger partial charge on any atom is -0.233 e. The van der Waals surface area contributed by atoms with Crippen molar-refractivity contribution in [1.29, 1.82) is 0 Å². The van der Waals surface area contributed by atoms with Crippen molar-refractivity contribution in [2.75, 3.05) is 0 Å². The lowest BCUT2D eigenvalue weighted by atomic mass is 10.0. The molecule has 0 spiro atoms. The largest absolute Gasteiger partial charge is 0.233 e. The van der Waals surface area contributed by atoms with Gasteiger partial charge >= 0.3 is 0 Å². The van der Waals surface area contributed by atoms with E-state index >= 15 is 0 Å². The third kappa shape index (κ3) is 4.34. The molecule has 0 saturated heterocycles. The van der Waals surface area contributed by atoms with E-state index in [2.05, 4.69) is 73.7 Å². The highest BCUT2D eigenvalue weighted by atomic mass is 14.9. The molecule has 0 aliphatic carbocycles. The predicted molar refractivity (Wildman–Crippen MR) is 119 cm³/mol. The highest BCUT2D eigenvalue weighted by molar-refractivity contribution is 6.13. The first kappa shape index (κ1) is 18.1. The molecular weight excluding hydrogens is 340 g/mol. The molecule has 1 aliphatic heterocycles. The van der Waals surface area contributed by atoms with Crippen LogP contribution in [0.1, 0.15) is 41.5 Å². The molecule has 28 heavy (non-hydrogen) atoms. The van der Waals surface area contributed by atoms with E-state index in [0.717, 1.165) is 47.6 Å². The lowest BCUT2D eigenvalue weighted by molar-refractivity contribution is 0.896. The molecule has 0 aromatic heterocycles. The van der Waals surface area contributed by atoms with Gasteiger partial charge in [0, 0.05) is 5.56 Å². The smallest absolute Gasteiger partial charge is 0.160 e. The summed E-state index contributed by atoms with van der Waals surface area (Å²) in [5, 5.41) is 0. The van der Waals surface area contributed by atoms with Crippen molar-refractivity contribution < 1.29 is 0 Å². The molecule has 4 rings (SSSR count). The number of benzene rings is 3. The average Bonchev–Trinajstić information content (AvgIpc) is 2.86. The van der Waals surface area contributed by atoms with E-state index in [9.17, 15) is 0 Å². The third-order valence-electron chi connectivity index (χ3n) is 4.91. The molecule has 3 aromatic rings. The van der Waals surface area contributed by atoms with Crippen LogP contribution in [0.15, 0.2) is 101 Å². The summed E-state index contributed by atoms with van der Waals surface area (Å²) in [4.78, 5) is 10.1. The molecule has 2 nitrogen and oxygen atoms in total. The highest BCUT2D eigenvalue weighted by Crippen LogP contribution is 2.22. The first-order valence-corrected chi connectivity index (χ1v) is 9.84. The van der Waals surface area contributed by atoms with Gasteiger partial charge in [-0.25, -0.2) is 9.98 Å². The Labute approximate surface area is 167 Å². The van der Waals surface area contributed by atoms with E-state index < -0.39 is 0 Å². The van der Waals surface area contributed by atoms with Crippen molar-refractivity contribution in [3.63, 3.8) is 0 Å². The van der Waals surface area contributed by atoms with Crippen molar-refractivity contribution in [3.05, 3.63) is 113 Å². The number of aliphatic imine (C=N–C) groups is 2. The quantitative estimate of drug-likeness (QED) is 0.510. The van der Waals surface area contributed by atoms with E-state index in [1.807, 2.05) is 24.3 Å². The number of rotatable bonds is 3. The van der Waals surface area contributed by atoms with Gasteiger partial charge in [-0.15, -0.1) is 0 Å². The Bertz CT molecular complexity index is 1010. The van der Waals surface area contributed by atoms with Gasteiger partial charge < -0.3 is 0 Å². The van der Waals surface area contributed by atoms with Crippen LogP contribution in [0.2, 0.25) is 0 Å². The summed E-state index contributed by atoms with van der Waals surface area (Å²) in [6.07, 6.45) is 5.22. The fourth-order valence-corrected chi connectivity index (χ4v) is 3.34. The van der Waals surface area contributed by atoms with Gasteiger partial charge in [-0.05, 0) is 37.3 Å². The Morgan fingerprint density at radius 1 is 0.643 bits per heavy atom. The zero-order chi connectivity index (χ0) is 19.2. The van der Waals surface area contributed by atoms with E-state index in [1.54, 1.807) is 0 Å². The maximum atomic E-state index is 5.07. The lowest BCUT2D eigenvalue weighted by Crippen LogP contribution is -2.07. The second-order valence-corrected chi connectivity index (χ2v) is 7.07. The van der Waals surface area contributed by atoms with Crippen molar-refractivity contribution in [2.45, 2.75) is 26.2 Å². The molecule has 0 amide bonds. The first-order chi connectivity index (χ1) is 13.8. The Morgan fingerprint density at radius 2 is 1.29 bits per heavy atom. The van der Waals surface area contributed by atoms with Crippen LogP contribution in [0.25, 0.3) is 5.70 Å². The summed E-state index contributed by atoms with van der Waals surface area (Å²) >= 11 is 0. The standard InChI is InChI=1S/C26H24N2/c1-20-16-18-22(19-17-20)25-15-9-8-14-24(21-10-4-2-5-11-21)27-26(28-25)23-12-6-3-7-13-23/h2-7,10-14,16-19H,8-9,15H2,1H3/b24-14-,27-26?,28-25?. The Balaban J connectivity index is 1.84. The summed E-state index contributed by atoms with van der Waals surface area (Å²) in [7, 11) is 0. The monoisotopic (exact) mass is 364 g/mol. The van der Waals surface area contributed by atoms with Crippen LogP contribution in [0, 0.1) is 6.92 Å². The molecule has 0 atom stereocenters. The molecule has 0 N–H and O–H groups in total. The lowest BCUT2D eigenvalue weighted by Gasteiger charge is -2.09. The molecule has 0 fully saturated rings. The van der Waals surface area contributed by atoms with Gasteiger partial charge in [0.2, 0.25) is 0 Å². The van der Waals surface area contributed by atoms with E-state index in [0.29, 0.717) is 0 Å². The van der Waals surface area contributed by atoms with Gasteiger partial charge in [-0.1, -0.05) is 96.6 Å². The number of hydrogen-bond donors (Lipinski definition) is 0. The van der Waals surface area contributed by atoms with Crippen molar-refractivity contribution >= 4 is 17.2 Å². The maximum Gasteiger partial charge on any atom is 0.160 e. The maximum absolute atomic E-state index is 5.07. The number of amidine groups is 1. The normalized spacial score (nSPS) is 16.7. The average molecular weight is 364 g/mol. The number of hydrogen-bond acceptors (Lipinski definition) is 2. The van der Waals surface area contributed by atoms with Gasteiger partial charge in [-0.3, -0.25) is 0 Å². The second-order valence-electron chi connectivity index (χ2n) is 7.07. The number of nitrogens with zero attached hydrogens (tertiary/aromatic N) is 2. The molecule has 3 aromatic carbocycles. The topological polar surface area (TPSA) is 24.7 Å². The van der Waals surface area contributed by atoms with Crippen molar-refractivity contribution in [1.82, 2.24) is 0 Å². The van der Waals surface area contributed by atoms with Crippen molar-refractivity contribution in [3.8, 4) is 0 Å². The van der Waals surface area contributed by atoms with E-state index in [-0.39, 0.29) is 0 Å². The van der Waals surface area contributed by atoms with E-state index in [1.165, 1.54) is 11.1 Å². The second kappa shape index (κ2) is 8.62. The molecule has 0 saturated carbocycles. The summed E-state index contributed by atoms with van der Waals surface area (Å²) in [6, 6.07) is 29.3. The molecule has 138 valence electrons. The number of allylic oxidation sites excluding steroid dienone is 1. The predicted octanol–water partition coefficient (Wildman–Crippen LogP) is 6.46. The number of aryl methyl sites for hydroxylation is 1. The third-order valence-corrected chi connectivity index (χ3v) is 4.91. The highest BCUT2D eigenvalue weighted by Gasteiger charge is 2.12. The van der Waals surface area contributed by atoms with Gasteiger partial charge in [0.05, 0.1) is 11.4 Å². The zero-order valence-corrected chi connectivity index (χ0v) is 16.2. The van der Waals surface area contributed by atoms with Crippen LogP contribution in [0.5, 0.6) is 0 Å². The minimum absolute atomic E-state index is 0.771. The molecule has 2 heteroatoms. The van der Waals surface area contributed by atoms with Crippen LogP contribution in [0.4, 0.5) is 0 Å². The van der Waals surface area contributed by atoms with Crippen LogP contribution >= 0.6 is 0 Å². The van der Waals surface area contributed by atoms with Gasteiger partial charge in [-0.2, -0.15) is 0 Å². The summed E-state index contributed by atoms with van der Waals surface area (Å²) in [5.74, 6) is 0.771. The van der Waals surface area contributed by atoms with Crippen LogP contribution < -0.4 is 0 Å². The van der Waals surface area contributed by atoms with Gasteiger partial charge in [0.1, 0.15) is 0 Å². The van der Waals surface area contributed by atoms with Crippen LogP contribution in [-0.2, 0) is 0 Å².